The summed E-state index contributed by atoms with van der Waals surface area (Å²) in [5, 5.41) is 0. The molecule has 14 heavy (non-hydrogen) atoms. The highest BCUT2D eigenvalue weighted by molar-refractivity contribution is 4.88. The third kappa shape index (κ3) is 2.73. The SMILES string of the molecule is CC(C)C(N)C1CCC(C)(C)CC1C. The Bertz CT molecular complexity index is 184. The first-order valence-electron chi connectivity index (χ1n) is 6.09. The zero-order chi connectivity index (χ0) is 10.9. The standard InChI is InChI=1S/C13H27N/c1-9(2)12(14)11-6-7-13(4,5)8-10(11)3/h9-12H,6-8,14H2,1-5H3. The molecule has 0 aliphatic heterocycles. The molecule has 3 atom stereocenters. The lowest BCUT2D eigenvalue weighted by Gasteiger charge is -2.42. The highest BCUT2D eigenvalue weighted by Crippen LogP contribution is 2.43. The molecule has 0 heterocycles. The van der Waals surface area contributed by atoms with Crippen LogP contribution in [0.1, 0.15) is 53.9 Å². The van der Waals surface area contributed by atoms with E-state index in [0.717, 1.165) is 11.8 Å². The lowest BCUT2D eigenvalue weighted by atomic mass is 9.65. The van der Waals surface area contributed by atoms with Crippen LogP contribution in [0.3, 0.4) is 0 Å². The summed E-state index contributed by atoms with van der Waals surface area (Å²) in [5.74, 6) is 2.18. The molecule has 0 aromatic heterocycles. The monoisotopic (exact) mass is 197 g/mol. The van der Waals surface area contributed by atoms with Crippen molar-refractivity contribution >= 4 is 0 Å². The molecule has 1 aliphatic rings. The molecule has 0 amide bonds. The van der Waals surface area contributed by atoms with Crippen molar-refractivity contribution in [1.82, 2.24) is 0 Å². The minimum atomic E-state index is 0.404. The molecule has 1 rings (SSSR count). The molecule has 2 N–H and O–H groups in total. The average Bonchev–Trinajstić information content (AvgIpc) is 2.01. The van der Waals surface area contributed by atoms with Crippen LogP contribution in [-0.2, 0) is 0 Å². The predicted octanol–water partition coefficient (Wildman–Crippen LogP) is 3.43. The van der Waals surface area contributed by atoms with Crippen molar-refractivity contribution in [3.8, 4) is 0 Å². The Morgan fingerprint density at radius 2 is 1.86 bits per heavy atom. The van der Waals surface area contributed by atoms with Gasteiger partial charge in [-0.05, 0) is 42.4 Å². The van der Waals surface area contributed by atoms with Gasteiger partial charge in [0.25, 0.3) is 0 Å². The van der Waals surface area contributed by atoms with Gasteiger partial charge < -0.3 is 5.73 Å². The van der Waals surface area contributed by atoms with Crippen LogP contribution in [0.15, 0.2) is 0 Å². The molecule has 0 aromatic rings. The van der Waals surface area contributed by atoms with Gasteiger partial charge in [-0.2, -0.15) is 0 Å². The molecule has 0 bridgehead atoms. The fourth-order valence-electron chi connectivity index (χ4n) is 3.03. The van der Waals surface area contributed by atoms with Crippen LogP contribution in [0.2, 0.25) is 0 Å². The van der Waals surface area contributed by atoms with Gasteiger partial charge in [-0.15, -0.1) is 0 Å². The van der Waals surface area contributed by atoms with Gasteiger partial charge in [0.2, 0.25) is 0 Å². The molecule has 3 unspecified atom stereocenters. The van der Waals surface area contributed by atoms with Gasteiger partial charge in [0.15, 0.2) is 0 Å². The smallest absolute Gasteiger partial charge is 0.00929 e. The molecule has 1 saturated carbocycles. The average molecular weight is 197 g/mol. The Morgan fingerprint density at radius 1 is 1.29 bits per heavy atom. The molecule has 1 nitrogen and oxygen atoms in total. The summed E-state index contributed by atoms with van der Waals surface area (Å²) in [6, 6.07) is 0.404. The molecule has 1 heteroatoms. The first-order valence-corrected chi connectivity index (χ1v) is 6.09. The van der Waals surface area contributed by atoms with Gasteiger partial charge in [0, 0.05) is 6.04 Å². The van der Waals surface area contributed by atoms with E-state index < -0.39 is 0 Å². The van der Waals surface area contributed by atoms with E-state index in [1.165, 1.54) is 19.3 Å². The second-order valence-corrected chi connectivity index (χ2v) is 6.37. The number of rotatable bonds is 2. The van der Waals surface area contributed by atoms with Crippen LogP contribution in [0.5, 0.6) is 0 Å². The molecule has 0 saturated heterocycles. The van der Waals surface area contributed by atoms with E-state index in [4.69, 9.17) is 5.73 Å². The summed E-state index contributed by atoms with van der Waals surface area (Å²) in [5.41, 5.74) is 6.82. The van der Waals surface area contributed by atoms with Crippen molar-refractivity contribution in [3.05, 3.63) is 0 Å². The summed E-state index contributed by atoms with van der Waals surface area (Å²) < 4.78 is 0. The lowest BCUT2D eigenvalue weighted by Crippen LogP contribution is -2.42. The van der Waals surface area contributed by atoms with Crippen LogP contribution in [0.25, 0.3) is 0 Å². The fraction of sp³-hybridized carbons (Fsp3) is 1.00. The second kappa shape index (κ2) is 4.22. The van der Waals surface area contributed by atoms with Crippen LogP contribution in [-0.4, -0.2) is 6.04 Å². The second-order valence-electron chi connectivity index (χ2n) is 6.37. The maximum atomic E-state index is 6.27. The van der Waals surface area contributed by atoms with Gasteiger partial charge in [0.1, 0.15) is 0 Å². The van der Waals surface area contributed by atoms with Crippen LogP contribution >= 0.6 is 0 Å². The quantitative estimate of drug-likeness (QED) is 0.721. The Hall–Kier alpha value is -0.0400. The Morgan fingerprint density at radius 3 is 2.29 bits per heavy atom. The highest BCUT2D eigenvalue weighted by atomic mass is 14.7. The normalized spacial score (nSPS) is 34.5. The number of hydrogen-bond acceptors (Lipinski definition) is 1. The van der Waals surface area contributed by atoms with Gasteiger partial charge >= 0.3 is 0 Å². The third-order valence-corrected chi connectivity index (χ3v) is 4.02. The van der Waals surface area contributed by atoms with Gasteiger partial charge in [0.05, 0.1) is 0 Å². The Kier molecular flexibility index (Phi) is 3.63. The first-order chi connectivity index (χ1) is 6.33. The third-order valence-electron chi connectivity index (χ3n) is 4.02. The molecular formula is C13H27N. The first kappa shape index (κ1) is 12.0. The van der Waals surface area contributed by atoms with Gasteiger partial charge in [-0.3, -0.25) is 0 Å². The highest BCUT2D eigenvalue weighted by Gasteiger charge is 2.35. The molecular weight excluding hydrogens is 170 g/mol. The van der Waals surface area contributed by atoms with E-state index in [1.54, 1.807) is 0 Å². The maximum Gasteiger partial charge on any atom is 0.00929 e. The Balaban J connectivity index is 2.58. The van der Waals surface area contributed by atoms with E-state index in [1.807, 2.05) is 0 Å². The molecule has 84 valence electrons. The van der Waals surface area contributed by atoms with Crippen molar-refractivity contribution in [1.29, 1.82) is 0 Å². The van der Waals surface area contributed by atoms with Crippen molar-refractivity contribution in [2.75, 3.05) is 0 Å². The van der Waals surface area contributed by atoms with Crippen LogP contribution < -0.4 is 5.73 Å². The lowest BCUT2D eigenvalue weighted by molar-refractivity contribution is 0.0997. The van der Waals surface area contributed by atoms with Gasteiger partial charge in [-0.25, -0.2) is 0 Å². The predicted molar refractivity (Wildman–Crippen MR) is 63.1 cm³/mol. The summed E-state index contributed by atoms with van der Waals surface area (Å²) in [6.45, 7) is 11.7. The zero-order valence-electron chi connectivity index (χ0n) is 10.5. The Labute approximate surface area is 89.5 Å². The summed E-state index contributed by atoms with van der Waals surface area (Å²) in [7, 11) is 0. The van der Waals surface area contributed by atoms with E-state index in [0.29, 0.717) is 17.4 Å². The van der Waals surface area contributed by atoms with Gasteiger partial charge in [-0.1, -0.05) is 34.6 Å². The van der Waals surface area contributed by atoms with Crippen molar-refractivity contribution in [3.63, 3.8) is 0 Å². The van der Waals surface area contributed by atoms with Crippen molar-refractivity contribution in [2.24, 2.45) is 28.9 Å². The molecule has 0 aromatic carbocycles. The van der Waals surface area contributed by atoms with E-state index in [-0.39, 0.29) is 0 Å². The van der Waals surface area contributed by atoms with Crippen LogP contribution in [0, 0.1) is 23.2 Å². The number of hydrogen-bond donors (Lipinski definition) is 1. The molecule has 0 spiro atoms. The minimum absolute atomic E-state index is 0.404. The zero-order valence-corrected chi connectivity index (χ0v) is 10.5. The van der Waals surface area contributed by atoms with Crippen molar-refractivity contribution < 1.29 is 0 Å². The van der Waals surface area contributed by atoms with E-state index >= 15 is 0 Å². The summed E-state index contributed by atoms with van der Waals surface area (Å²) in [4.78, 5) is 0. The molecule has 0 radical (unpaired) electrons. The topological polar surface area (TPSA) is 26.0 Å². The largest absolute Gasteiger partial charge is 0.327 e. The van der Waals surface area contributed by atoms with E-state index in [2.05, 4.69) is 34.6 Å². The minimum Gasteiger partial charge on any atom is -0.327 e. The molecule has 1 fully saturated rings. The maximum absolute atomic E-state index is 6.27. The summed E-state index contributed by atoms with van der Waals surface area (Å²) >= 11 is 0. The van der Waals surface area contributed by atoms with Crippen molar-refractivity contribution in [2.45, 2.75) is 59.9 Å². The number of nitrogens with two attached hydrogens (primary N) is 1. The van der Waals surface area contributed by atoms with Crippen LogP contribution in [0.4, 0.5) is 0 Å². The fourth-order valence-corrected chi connectivity index (χ4v) is 3.03. The van der Waals surface area contributed by atoms with E-state index in [9.17, 15) is 0 Å². The molecule has 1 aliphatic carbocycles. The summed E-state index contributed by atoms with van der Waals surface area (Å²) in [6.07, 6.45) is 4.02.